The quantitative estimate of drug-likeness (QED) is 0.425. The summed E-state index contributed by atoms with van der Waals surface area (Å²) in [5, 5.41) is 2.81. The second-order valence-electron chi connectivity index (χ2n) is 9.01. The van der Waals surface area contributed by atoms with Crippen LogP contribution in [0.25, 0.3) is 0 Å². The zero-order valence-corrected chi connectivity index (χ0v) is 22.9. The van der Waals surface area contributed by atoms with Crippen molar-refractivity contribution in [2.45, 2.75) is 22.6 Å². The number of hydrogen-bond donors (Lipinski definition) is 1. The van der Waals surface area contributed by atoms with Crippen LogP contribution in [0.2, 0.25) is 0 Å². The van der Waals surface area contributed by atoms with E-state index in [-0.39, 0.29) is 35.4 Å². The molecule has 2 saturated heterocycles. The molecule has 2 aromatic rings. The van der Waals surface area contributed by atoms with Gasteiger partial charge in [0.05, 0.1) is 42.6 Å². The number of carbonyl (C=O) groups excluding carboxylic acids is 1. The van der Waals surface area contributed by atoms with Gasteiger partial charge in [0.15, 0.2) is 0 Å². The van der Waals surface area contributed by atoms with Gasteiger partial charge >= 0.3 is 0 Å². The summed E-state index contributed by atoms with van der Waals surface area (Å²) in [4.78, 5) is 13.1. The molecule has 0 radical (unpaired) electrons. The van der Waals surface area contributed by atoms with Crippen LogP contribution < -0.4 is 14.8 Å². The molecular formula is C25H33N3O8S2. The molecule has 1 amide bonds. The van der Waals surface area contributed by atoms with Crippen LogP contribution in [0.3, 0.4) is 0 Å². The summed E-state index contributed by atoms with van der Waals surface area (Å²) >= 11 is 0. The highest BCUT2D eigenvalue weighted by Gasteiger charge is 2.33. The molecule has 0 unspecified atom stereocenters. The van der Waals surface area contributed by atoms with Gasteiger partial charge in [-0.25, -0.2) is 16.8 Å². The number of morpholine rings is 1. The fourth-order valence-corrected chi connectivity index (χ4v) is 7.33. The van der Waals surface area contributed by atoms with Crippen LogP contribution in [0.5, 0.6) is 11.5 Å². The Kier molecular flexibility index (Phi) is 9.26. The second kappa shape index (κ2) is 12.4. The van der Waals surface area contributed by atoms with Gasteiger partial charge in [0.1, 0.15) is 18.1 Å². The fourth-order valence-electron chi connectivity index (χ4n) is 4.40. The summed E-state index contributed by atoms with van der Waals surface area (Å²) in [5.41, 5.74) is 0. The van der Waals surface area contributed by atoms with Gasteiger partial charge in [-0.1, -0.05) is 0 Å². The number of ether oxygens (including phenoxy) is 3. The molecule has 2 aliphatic heterocycles. The van der Waals surface area contributed by atoms with Crippen LogP contribution in [-0.2, 0) is 29.6 Å². The minimum atomic E-state index is -3.72. The summed E-state index contributed by atoms with van der Waals surface area (Å²) in [6, 6.07) is 12.3. The van der Waals surface area contributed by atoms with Gasteiger partial charge in [-0.2, -0.15) is 8.61 Å². The number of methoxy groups -OCH3 is 1. The summed E-state index contributed by atoms with van der Waals surface area (Å²) in [6.07, 6.45) is 1.18. The van der Waals surface area contributed by atoms with Crippen molar-refractivity contribution in [3.63, 3.8) is 0 Å². The maximum absolute atomic E-state index is 13.0. The van der Waals surface area contributed by atoms with Crippen molar-refractivity contribution in [3.05, 3.63) is 48.5 Å². The molecule has 2 aliphatic rings. The zero-order chi connectivity index (χ0) is 27.2. The lowest BCUT2D eigenvalue weighted by Crippen LogP contribution is -2.45. The lowest BCUT2D eigenvalue weighted by atomic mass is 9.99. The molecular weight excluding hydrogens is 534 g/mol. The lowest BCUT2D eigenvalue weighted by Gasteiger charge is -2.31. The van der Waals surface area contributed by atoms with Gasteiger partial charge in [-0.15, -0.1) is 0 Å². The molecule has 1 N–H and O–H groups in total. The number of nitrogens with zero attached hydrogens (tertiary/aromatic N) is 2. The Morgan fingerprint density at radius 3 is 2.08 bits per heavy atom. The number of hydrogen-bond acceptors (Lipinski definition) is 8. The predicted molar refractivity (Wildman–Crippen MR) is 139 cm³/mol. The van der Waals surface area contributed by atoms with E-state index in [0.717, 1.165) is 0 Å². The maximum Gasteiger partial charge on any atom is 0.243 e. The van der Waals surface area contributed by atoms with E-state index in [0.29, 0.717) is 57.2 Å². The zero-order valence-electron chi connectivity index (χ0n) is 21.2. The number of amides is 1. The smallest absolute Gasteiger partial charge is 0.243 e. The van der Waals surface area contributed by atoms with Crippen molar-refractivity contribution in [1.29, 1.82) is 0 Å². The van der Waals surface area contributed by atoms with E-state index in [1.54, 1.807) is 24.3 Å². The third-order valence-corrected chi connectivity index (χ3v) is 10.3. The van der Waals surface area contributed by atoms with E-state index in [1.807, 2.05) is 0 Å². The molecule has 13 heteroatoms. The van der Waals surface area contributed by atoms with Gasteiger partial charge < -0.3 is 19.5 Å². The van der Waals surface area contributed by atoms with E-state index >= 15 is 0 Å². The molecule has 208 valence electrons. The molecule has 2 heterocycles. The predicted octanol–water partition coefficient (Wildman–Crippen LogP) is 1.31. The normalized spacial score (nSPS) is 19.6. The molecule has 38 heavy (non-hydrogen) atoms. The number of nitrogens with one attached hydrogen (secondary N) is 1. The molecule has 1 atom stereocenters. The molecule has 4 rings (SSSR count). The average Bonchev–Trinajstić information content (AvgIpc) is 2.96. The lowest BCUT2D eigenvalue weighted by molar-refractivity contribution is -0.126. The monoisotopic (exact) mass is 567 g/mol. The largest absolute Gasteiger partial charge is 0.497 e. The summed E-state index contributed by atoms with van der Waals surface area (Å²) in [5.74, 6) is 0.363. The number of piperidine rings is 1. The van der Waals surface area contributed by atoms with Crippen molar-refractivity contribution >= 4 is 26.0 Å². The highest BCUT2D eigenvalue weighted by atomic mass is 32.2. The Morgan fingerprint density at radius 2 is 1.47 bits per heavy atom. The third-order valence-electron chi connectivity index (χ3n) is 6.55. The first-order valence-electron chi connectivity index (χ1n) is 12.4. The van der Waals surface area contributed by atoms with Crippen LogP contribution in [0.15, 0.2) is 58.3 Å². The Hall–Kier alpha value is -2.71. The van der Waals surface area contributed by atoms with Crippen molar-refractivity contribution in [2.75, 3.05) is 59.7 Å². The van der Waals surface area contributed by atoms with Crippen LogP contribution in [0, 0.1) is 5.92 Å². The van der Waals surface area contributed by atoms with Crippen molar-refractivity contribution < 1.29 is 35.8 Å². The molecule has 0 aromatic heterocycles. The summed E-state index contributed by atoms with van der Waals surface area (Å²) in [6.45, 7) is 2.29. The minimum absolute atomic E-state index is 0.111. The SMILES string of the molecule is COc1ccc(S(=O)(=O)N2CCC[C@H](C(=O)NCCOc3ccc(S(=O)(=O)N4CCOCC4)cc3)C2)cc1. The summed E-state index contributed by atoms with van der Waals surface area (Å²) < 4.78 is 70.2. The van der Waals surface area contributed by atoms with Gasteiger partial charge in [0.2, 0.25) is 26.0 Å². The van der Waals surface area contributed by atoms with Gasteiger partial charge in [0.25, 0.3) is 0 Å². The third kappa shape index (κ3) is 6.64. The number of rotatable bonds is 10. The van der Waals surface area contributed by atoms with E-state index < -0.39 is 26.0 Å². The maximum atomic E-state index is 13.0. The Morgan fingerprint density at radius 1 is 0.895 bits per heavy atom. The average molecular weight is 568 g/mol. The Labute approximate surface area is 223 Å². The first-order valence-corrected chi connectivity index (χ1v) is 15.3. The van der Waals surface area contributed by atoms with Crippen molar-refractivity contribution in [1.82, 2.24) is 13.9 Å². The highest BCUT2D eigenvalue weighted by Crippen LogP contribution is 2.25. The molecule has 0 bridgehead atoms. The van der Waals surface area contributed by atoms with Gasteiger partial charge in [0, 0.05) is 26.2 Å². The molecule has 0 spiro atoms. The molecule has 2 fully saturated rings. The molecule has 0 aliphatic carbocycles. The van der Waals surface area contributed by atoms with Crippen LogP contribution in [0.1, 0.15) is 12.8 Å². The van der Waals surface area contributed by atoms with E-state index in [4.69, 9.17) is 14.2 Å². The topological polar surface area (TPSA) is 132 Å². The standard InChI is InChI=1S/C25H33N3O8S2/c1-34-21-4-8-24(9-5-21)38(32,33)28-13-2-3-20(19-28)25(29)26-12-16-36-22-6-10-23(11-7-22)37(30,31)27-14-17-35-18-15-27/h4-11,20H,2-3,12-19H2,1H3,(H,26,29)/t20-/m0/s1. The highest BCUT2D eigenvalue weighted by molar-refractivity contribution is 7.89. The number of benzene rings is 2. The van der Waals surface area contributed by atoms with Crippen molar-refractivity contribution in [2.24, 2.45) is 5.92 Å². The fraction of sp³-hybridized carbons (Fsp3) is 0.480. The molecule has 2 aromatic carbocycles. The minimum Gasteiger partial charge on any atom is -0.497 e. The first kappa shape index (κ1) is 28.3. The van der Waals surface area contributed by atoms with Crippen LogP contribution in [0.4, 0.5) is 0 Å². The molecule has 11 nitrogen and oxygen atoms in total. The van der Waals surface area contributed by atoms with E-state index in [9.17, 15) is 21.6 Å². The van der Waals surface area contributed by atoms with E-state index in [2.05, 4.69) is 5.32 Å². The van der Waals surface area contributed by atoms with Crippen molar-refractivity contribution in [3.8, 4) is 11.5 Å². The Balaban J connectivity index is 1.24. The summed E-state index contributed by atoms with van der Waals surface area (Å²) in [7, 11) is -5.78. The van der Waals surface area contributed by atoms with Crippen LogP contribution in [-0.4, -0.2) is 91.0 Å². The Bertz CT molecular complexity index is 1290. The van der Waals surface area contributed by atoms with Gasteiger partial charge in [-0.3, -0.25) is 4.79 Å². The first-order chi connectivity index (χ1) is 18.2. The second-order valence-corrected chi connectivity index (χ2v) is 12.9. The van der Waals surface area contributed by atoms with Gasteiger partial charge in [-0.05, 0) is 61.4 Å². The number of carbonyl (C=O) groups is 1. The molecule has 0 saturated carbocycles. The van der Waals surface area contributed by atoms with E-state index in [1.165, 1.54) is 40.0 Å². The number of sulfonamides is 2. The van der Waals surface area contributed by atoms with Crippen LogP contribution >= 0.6 is 0 Å².